The van der Waals surface area contributed by atoms with Crippen LogP contribution in [0.3, 0.4) is 0 Å². The third kappa shape index (κ3) is 11.6. The van der Waals surface area contributed by atoms with E-state index in [-0.39, 0.29) is 12.3 Å². The Morgan fingerprint density at radius 1 is 1.29 bits per heavy atom. The molecule has 0 amide bonds. The zero-order chi connectivity index (χ0) is 16.1. The molecule has 6 N–H and O–H groups in total. The number of carboxylic acid groups (broad SMARTS) is 1. The number of carbonyl (C=O) groups is 2. The predicted octanol–water partition coefficient (Wildman–Crippen LogP) is 1.51. The Balaban J connectivity index is 0.000000300. The number of hydrogen-bond acceptors (Lipinski definition) is 5. The van der Waals surface area contributed by atoms with E-state index in [9.17, 15) is 9.59 Å². The summed E-state index contributed by atoms with van der Waals surface area (Å²) in [6.07, 6.45) is 7.36. The zero-order valence-corrected chi connectivity index (χ0v) is 12.1. The number of aldehydes is 1. The van der Waals surface area contributed by atoms with E-state index in [1.807, 2.05) is 0 Å². The molecule has 21 heavy (non-hydrogen) atoms. The summed E-state index contributed by atoms with van der Waals surface area (Å²) >= 11 is 0. The second-order valence-corrected chi connectivity index (χ2v) is 4.71. The van der Waals surface area contributed by atoms with Crippen molar-refractivity contribution in [3.63, 3.8) is 0 Å². The molecule has 6 nitrogen and oxygen atoms in total. The van der Waals surface area contributed by atoms with Gasteiger partial charge < -0.3 is 21.7 Å². The van der Waals surface area contributed by atoms with E-state index in [2.05, 4.69) is 5.73 Å². The van der Waals surface area contributed by atoms with Crippen LogP contribution in [0.1, 0.15) is 42.5 Å². The standard InChI is InChI=1S/C7H6O2.C6H13N.C2H5NO2/c8-5-6-2-1-3-7(9)4-6;7-6-4-2-1-3-5-6;3-1-2(4)5/h1-5,9H;6H,1-5,7H2;1,3H2,(H,4,5). The first-order valence-electron chi connectivity index (χ1n) is 6.91. The maximum absolute atomic E-state index is 10.0. The molecule has 0 aromatic heterocycles. The molecule has 0 saturated heterocycles. The molecule has 0 heterocycles. The van der Waals surface area contributed by atoms with Gasteiger partial charge in [-0.3, -0.25) is 9.59 Å². The van der Waals surface area contributed by atoms with Gasteiger partial charge in [0, 0.05) is 11.6 Å². The molecule has 0 atom stereocenters. The fourth-order valence-corrected chi connectivity index (χ4v) is 1.73. The van der Waals surface area contributed by atoms with Crippen molar-refractivity contribution in [1.29, 1.82) is 0 Å². The quantitative estimate of drug-likeness (QED) is 0.613. The molecule has 1 aromatic carbocycles. The van der Waals surface area contributed by atoms with Crippen molar-refractivity contribution in [2.75, 3.05) is 6.54 Å². The average molecular weight is 296 g/mol. The van der Waals surface area contributed by atoms with E-state index >= 15 is 0 Å². The van der Waals surface area contributed by atoms with Gasteiger partial charge >= 0.3 is 5.97 Å². The van der Waals surface area contributed by atoms with Crippen molar-refractivity contribution < 1.29 is 19.8 Å². The van der Waals surface area contributed by atoms with Crippen molar-refractivity contribution in [2.24, 2.45) is 11.5 Å². The molecule has 1 aliphatic carbocycles. The van der Waals surface area contributed by atoms with Crippen LogP contribution in [-0.4, -0.2) is 35.1 Å². The Kier molecular flexibility index (Phi) is 10.8. The number of rotatable bonds is 2. The third-order valence-corrected chi connectivity index (χ3v) is 2.83. The van der Waals surface area contributed by atoms with Gasteiger partial charge in [0.1, 0.15) is 12.0 Å². The summed E-state index contributed by atoms with van der Waals surface area (Å²) in [5, 5.41) is 16.4. The molecule has 0 bridgehead atoms. The zero-order valence-electron chi connectivity index (χ0n) is 12.1. The molecule has 0 radical (unpaired) electrons. The Bertz CT molecular complexity index is 418. The number of aromatic hydroxyl groups is 1. The maximum atomic E-state index is 10.0. The molecule has 118 valence electrons. The summed E-state index contributed by atoms with van der Waals surface area (Å²) in [7, 11) is 0. The van der Waals surface area contributed by atoms with Gasteiger partial charge in [-0.1, -0.05) is 31.4 Å². The molecule has 0 aliphatic heterocycles. The molecule has 1 aromatic rings. The minimum Gasteiger partial charge on any atom is -0.508 e. The molecule has 0 spiro atoms. The number of phenols is 1. The number of carboxylic acids is 1. The highest BCUT2D eigenvalue weighted by molar-refractivity contribution is 5.75. The number of nitrogens with two attached hydrogens (primary N) is 2. The number of benzene rings is 1. The number of aliphatic carboxylic acids is 1. The third-order valence-electron chi connectivity index (χ3n) is 2.83. The lowest BCUT2D eigenvalue weighted by Crippen LogP contribution is -2.22. The van der Waals surface area contributed by atoms with Crippen LogP contribution in [0.25, 0.3) is 0 Å². The predicted molar refractivity (Wildman–Crippen MR) is 81.2 cm³/mol. The van der Waals surface area contributed by atoms with E-state index in [4.69, 9.17) is 15.9 Å². The average Bonchev–Trinajstić information content (AvgIpc) is 2.49. The molecule has 2 rings (SSSR count). The summed E-state index contributed by atoms with van der Waals surface area (Å²) in [6.45, 7) is -0.278. The van der Waals surface area contributed by atoms with Crippen LogP contribution >= 0.6 is 0 Å². The summed E-state index contributed by atoms with van der Waals surface area (Å²) < 4.78 is 0. The molecule has 6 heteroatoms. The lowest BCUT2D eigenvalue weighted by molar-refractivity contribution is -0.135. The van der Waals surface area contributed by atoms with E-state index in [0.717, 1.165) is 0 Å². The molecule has 0 unspecified atom stereocenters. The Hall–Kier alpha value is -1.92. The maximum Gasteiger partial charge on any atom is 0.317 e. The highest BCUT2D eigenvalue weighted by Gasteiger charge is 2.06. The van der Waals surface area contributed by atoms with E-state index in [1.54, 1.807) is 12.1 Å². The SMILES string of the molecule is NC1CCCCC1.NCC(=O)O.O=Cc1cccc(O)c1. The van der Waals surface area contributed by atoms with Gasteiger partial charge in [0.15, 0.2) is 0 Å². The largest absolute Gasteiger partial charge is 0.508 e. The Morgan fingerprint density at radius 2 is 1.86 bits per heavy atom. The Morgan fingerprint density at radius 3 is 2.14 bits per heavy atom. The minimum atomic E-state index is -0.968. The van der Waals surface area contributed by atoms with Crippen molar-refractivity contribution >= 4 is 12.3 Å². The molecule has 1 saturated carbocycles. The van der Waals surface area contributed by atoms with Crippen molar-refractivity contribution in [3.8, 4) is 5.75 Å². The highest BCUT2D eigenvalue weighted by Crippen LogP contribution is 2.14. The first-order valence-corrected chi connectivity index (χ1v) is 6.91. The van der Waals surface area contributed by atoms with E-state index < -0.39 is 5.97 Å². The van der Waals surface area contributed by atoms with Gasteiger partial charge in [-0.05, 0) is 25.0 Å². The molecule has 1 aliphatic rings. The smallest absolute Gasteiger partial charge is 0.317 e. The summed E-state index contributed by atoms with van der Waals surface area (Å²) in [5.41, 5.74) is 10.7. The summed E-state index contributed by atoms with van der Waals surface area (Å²) in [5.74, 6) is -0.843. The van der Waals surface area contributed by atoms with Crippen LogP contribution in [0, 0.1) is 0 Å². The first kappa shape index (κ1) is 19.1. The van der Waals surface area contributed by atoms with Crippen LogP contribution in [-0.2, 0) is 4.79 Å². The second kappa shape index (κ2) is 11.9. The fraction of sp³-hybridized carbons (Fsp3) is 0.467. The summed E-state index contributed by atoms with van der Waals surface area (Å²) in [4.78, 5) is 19.3. The van der Waals surface area contributed by atoms with Gasteiger partial charge in [0.2, 0.25) is 0 Å². The van der Waals surface area contributed by atoms with Gasteiger partial charge in [0.05, 0.1) is 6.54 Å². The minimum absolute atomic E-state index is 0.125. The van der Waals surface area contributed by atoms with Gasteiger partial charge in [-0.15, -0.1) is 0 Å². The number of phenolic OH excluding ortho intramolecular Hbond substituents is 1. The highest BCUT2D eigenvalue weighted by atomic mass is 16.4. The van der Waals surface area contributed by atoms with Crippen LogP contribution in [0.15, 0.2) is 24.3 Å². The molecular formula is C15H24N2O4. The number of hydrogen-bond donors (Lipinski definition) is 4. The monoisotopic (exact) mass is 296 g/mol. The van der Waals surface area contributed by atoms with Crippen LogP contribution in [0.4, 0.5) is 0 Å². The lowest BCUT2D eigenvalue weighted by atomic mass is 9.97. The van der Waals surface area contributed by atoms with Crippen molar-refractivity contribution in [1.82, 2.24) is 0 Å². The topological polar surface area (TPSA) is 127 Å². The first-order chi connectivity index (χ1) is 9.99. The van der Waals surface area contributed by atoms with Crippen LogP contribution < -0.4 is 11.5 Å². The lowest BCUT2D eigenvalue weighted by Gasteiger charge is -2.15. The molecular weight excluding hydrogens is 272 g/mol. The van der Waals surface area contributed by atoms with Gasteiger partial charge in [-0.25, -0.2) is 0 Å². The normalized spacial score (nSPS) is 14.0. The van der Waals surface area contributed by atoms with E-state index in [1.165, 1.54) is 44.2 Å². The second-order valence-electron chi connectivity index (χ2n) is 4.71. The summed E-state index contributed by atoms with van der Waals surface area (Å²) in [6, 6.07) is 6.72. The van der Waals surface area contributed by atoms with Crippen LogP contribution in [0.5, 0.6) is 5.75 Å². The van der Waals surface area contributed by atoms with Gasteiger partial charge in [-0.2, -0.15) is 0 Å². The Labute approximate surface area is 124 Å². The fourth-order valence-electron chi connectivity index (χ4n) is 1.73. The molecule has 1 fully saturated rings. The number of carbonyl (C=O) groups excluding carboxylic acids is 1. The van der Waals surface area contributed by atoms with Crippen molar-refractivity contribution in [3.05, 3.63) is 29.8 Å². The van der Waals surface area contributed by atoms with Crippen LogP contribution in [0.2, 0.25) is 0 Å². The van der Waals surface area contributed by atoms with Crippen molar-refractivity contribution in [2.45, 2.75) is 38.1 Å². The van der Waals surface area contributed by atoms with E-state index in [0.29, 0.717) is 17.9 Å². The van der Waals surface area contributed by atoms with Gasteiger partial charge in [0.25, 0.3) is 0 Å².